The maximum Gasteiger partial charge on any atom is 0.143 e. The Labute approximate surface area is 320 Å². The lowest BCUT2D eigenvalue weighted by Crippen LogP contribution is -2.10. The normalized spacial score (nSPS) is 13.3. The first-order valence-corrected chi connectivity index (χ1v) is 19.0. The molecule has 1 aliphatic carbocycles. The van der Waals surface area contributed by atoms with E-state index in [1.165, 1.54) is 50.1 Å². The van der Waals surface area contributed by atoms with Crippen LogP contribution in [0.1, 0.15) is 22.6 Å². The summed E-state index contributed by atoms with van der Waals surface area (Å²) in [5.74, 6) is 0.241. The third-order valence-corrected chi connectivity index (χ3v) is 11.4. The van der Waals surface area contributed by atoms with Crippen molar-refractivity contribution < 1.29 is 4.42 Å². The second-order valence-corrected chi connectivity index (χ2v) is 14.4. The Morgan fingerprint density at radius 2 is 0.909 bits per heavy atom. The van der Waals surface area contributed by atoms with Gasteiger partial charge in [0.25, 0.3) is 0 Å². The molecule has 0 fully saturated rings. The number of furan rings is 1. The summed E-state index contributed by atoms with van der Waals surface area (Å²) in [6, 6.07) is 74.6. The number of hydrogen-bond donors (Lipinski definition) is 0. The molecule has 1 heterocycles. The summed E-state index contributed by atoms with van der Waals surface area (Å²) in [4.78, 5) is 2.39. The van der Waals surface area contributed by atoms with Crippen LogP contribution in [0.15, 0.2) is 211 Å². The van der Waals surface area contributed by atoms with E-state index >= 15 is 0 Å². The lowest BCUT2D eigenvalue weighted by molar-refractivity contribution is 0.672. The van der Waals surface area contributed by atoms with E-state index in [0.29, 0.717) is 0 Å². The molecule has 2 nitrogen and oxygen atoms in total. The topological polar surface area (TPSA) is 16.4 Å². The Balaban J connectivity index is 1.05. The first kappa shape index (κ1) is 31.4. The van der Waals surface area contributed by atoms with E-state index in [0.717, 1.165) is 49.8 Å². The number of para-hydroxylation sites is 1. The third kappa shape index (κ3) is 5.18. The minimum atomic E-state index is 0.241. The summed E-state index contributed by atoms with van der Waals surface area (Å²) in [6.07, 6.45) is 0. The summed E-state index contributed by atoms with van der Waals surface area (Å²) in [6.45, 7) is 0. The molecule has 258 valence electrons. The molecule has 0 aliphatic heterocycles. The molecule has 10 aromatic rings. The monoisotopic (exact) mass is 701 g/mol. The van der Waals surface area contributed by atoms with Crippen LogP contribution in [0, 0.1) is 0 Å². The van der Waals surface area contributed by atoms with E-state index in [1.807, 2.05) is 6.07 Å². The average Bonchev–Trinajstić information content (AvgIpc) is 3.81. The zero-order chi connectivity index (χ0) is 36.3. The fourth-order valence-electron chi connectivity index (χ4n) is 8.76. The zero-order valence-electron chi connectivity index (χ0n) is 30.1. The van der Waals surface area contributed by atoms with Crippen molar-refractivity contribution in [2.75, 3.05) is 4.90 Å². The van der Waals surface area contributed by atoms with Gasteiger partial charge in [0.2, 0.25) is 0 Å². The number of fused-ring (bicyclic) bond motifs is 8. The lowest BCUT2D eigenvalue weighted by atomic mass is 9.89. The summed E-state index contributed by atoms with van der Waals surface area (Å²) in [5.41, 5.74) is 16.6. The maximum atomic E-state index is 6.51. The molecule has 9 aromatic carbocycles. The minimum absolute atomic E-state index is 0.241. The van der Waals surface area contributed by atoms with Gasteiger partial charge in [0.15, 0.2) is 0 Å². The molecule has 55 heavy (non-hydrogen) atoms. The predicted molar refractivity (Wildman–Crippen MR) is 230 cm³/mol. The van der Waals surface area contributed by atoms with Crippen molar-refractivity contribution in [3.8, 4) is 33.4 Å². The van der Waals surface area contributed by atoms with Gasteiger partial charge >= 0.3 is 0 Å². The number of nitrogens with zero attached hydrogens (tertiary/aromatic N) is 1. The van der Waals surface area contributed by atoms with Crippen LogP contribution in [0.2, 0.25) is 0 Å². The van der Waals surface area contributed by atoms with Gasteiger partial charge in [0.05, 0.1) is 5.69 Å². The van der Waals surface area contributed by atoms with Crippen molar-refractivity contribution in [1.29, 1.82) is 0 Å². The second-order valence-electron chi connectivity index (χ2n) is 14.4. The van der Waals surface area contributed by atoms with E-state index in [4.69, 9.17) is 4.42 Å². The van der Waals surface area contributed by atoms with Gasteiger partial charge in [-0.1, -0.05) is 164 Å². The highest BCUT2D eigenvalue weighted by Gasteiger charge is 2.30. The molecule has 11 rings (SSSR count). The van der Waals surface area contributed by atoms with E-state index in [1.54, 1.807) is 0 Å². The van der Waals surface area contributed by atoms with Crippen LogP contribution in [0.5, 0.6) is 0 Å². The molecule has 0 spiro atoms. The van der Waals surface area contributed by atoms with Gasteiger partial charge in [-0.15, -0.1) is 0 Å². The smallest absolute Gasteiger partial charge is 0.143 e. The molecule has 1 unspecified atom stereocenters. The molecule has 2 heteroatoms. The molecule has 0 radical (unpaired) electrons. The Bertz CT molecular complexity index is 3020. The standard InChI is InChI=1S/C53H35NO/c1-3-13-35(14-4-1)36-23-28-40(29-24-36)54(50-34-49-44-19-11-12-22-51(44)55-53(49)47-21-10-8-18-43(47)50)41-30-25-37(26-31-41)39-27-32-46-48(33-39)42-17-7-9-20-45(42)52(46)38-15-5-2-6-16-38/h1-34,52H. The summed E-state index contributed by atoms with van der Waals surface area (Å²) >= 11 is 0. The number of rotatable bonds is 6. The van der Waals surface area contributed by atoms with Crippen LogP contribution in [-0.2, 0) is 0 Å². The van der Waals surface area contributed by atoms with Crippen LogP contribution in [0.4, 0.5) is 17.1 Å². The van der Waals surface area contributed by atoms with Gasteiger partial charge in [-0.25, -0.2) is 0 Å². The molecule has 0 saturated heterocycles. The second kappa shape index (κ2) is 12.8. The zero-order valence-corrected chi connectivity index (χ0v) is 30.1. The molecular formula is C53H35NO. The maximum absolute atomic E-state index is 6.51. The molecule has 0 N–H and O–H groups in total. The van der Waals surface area contributed by atoms with Crippen LogP contribution in [0.25, 0.3) is 66.1 Å². The van der Waals surface area contributed by atoms with E-state index < -0.39 is 0 Å². The Morgan fingerprint density at radius 1 is 0.364 bits per heavy atom. The lowest BCUT2D eigenvalue weighted by Gasteiger charge is -2.27. The van der Waals surface area contributed by atoms with Crippen LogP contribution < -0.4 is 4.90 Å². The Morgan fingerprint density at radius 3 is 1.65 bits per heavy atom. The quantitative estimate of drug-likeness (QED) is 0.172. The van der Waals surface area contributed by atoms with Gasteiger partial charge < -0.3 is 9.32 Å². The minimum Gasteiger partial charge on any atom is -0.455 e. The van der Waals surface area contributed by atoms with Gasteiger partial charge in [-0.3, -0.25) is 0 Å². The van der Waals surface area contributed by atoms with Crippen LogP contribution >= 0.6 is 0 Å². The van der Waals surface area contributed by atoms with Crippen molar-refractivity contribution in [3.05, 3.63) is 223 Å². The van der Waals surface area contributed by atoms with Crippen molar-refractivity contribution in [2.45, 2.75) is 5.92 Å². The molecule has 1 atom stereocenters. The first-order valence-electron chi connectivity index (χ1n) is 19.0. The summed E-state index contributed by atoms with van der Waals surface area (Å²) in [7, 11) is 0. The SMILES string of the molecule is c1ccc(-c2ccc(N(c3ccc(-c4ccc5c(c4)-c4ccccc4C5c4ccccc4)cc3)c3cc4c5ccccc5oc4c4ccccc34)cc2)cc1. The molecule has 0 bridgehead atoms. The van der Waals surface area contributed by atoms with Crippen molar-refractivity contribution in [2.24, 2.45) is 0 Å². The van der Waals surface area contributed by atoms with Crippen molar-refractivity contribution >= 4 is 49.8 Å². The highest BCUT2D eigenvalue weighted by Crippen LogP contribution is 2.50. The average molecular weight is 702 g/mol. The first-order chi connectivity index (χ1) is 27.3. The van der Waals surface area contributed by atoms with Crippen molar-refractivity contribution in [1.82, 2.24) is 0 Å². The van der Waals surface area contributed by atoms with E-state index in [2.05, 4.69) is 205 Å². The molecule has 0 saturated carbocycles. The molecular weight excluding hydrogens is 667 g/mol. The predicted octanol–water partition coefficient (Wildman–Crippen LogP) is 14.7. The van der Waals surface area contributed by atoms with Gasteiger partial charge in [-0.2, -0.15) is 0 Å². The van der Waals surface area contributed by atoms with Crippen molar-refractivity contribution in [3.63, 3.8) is 0 Å². The van der Waals surface area contributed by atoms with Gasteiger partial charge in [0, 0.05) is 38.8 Å². The van der Waals surface area contributed by atoms with E-state index in [9.17, 15) is 0 Å². The van der Waals surface area contributed by atoms with Gasteiger partial charge in [-0.05, 0) is 92.5 Å². The van der Waals surface area contributed by atoms with Gasteiger partial charge in [0.1, 0.15) is 11.2 Å². The highest BCUT2D eigenvalue weighted by molar-refractivity contribution is 6.19. The summed E-state index contributed by atoms with van der Waals surface area (Å²) < 4.78 is 6.51. The largest absolute Gasteiger partial charge is 0.455 e. The Kier molecular flexibility index (Phi) is 7.28. The number of benzene rings is 9. The molecule has 1 aromatic heterocycles. The summed E-state index contributed by atoms with van der Waals surface area (Å²) in [5, 5.41) is 4.46. The number of anilines is 3. The number of hydrogen-bond acceptors (Lipinski definition) is 2. The van der Waals surface area contributed by atoms with Crippen LogP contribution in [0.3, 0.4) is 0 Å². The fraction of sp³-hybridized carbons (Fsp3) is 0.0189. The highest BCUT2D eigenvalue weighted by atomic mass is 16.3. The van der Waals surface area contributed by atoms with Crippen LogP contribution in [-0.4, -0.2) is 0 Å². The molecule has 0 amide bonds. The third-order valence-electron chi connectivity index (χ3n) is 11.4. The Hall–Kier alpha value is -7.16. The fourth-order valence-corrected chi connectivity index (χ4v) is 8.76. The van der Waals surface area contributed by atoms with E-state index in [-0.39, 0.29) is 5.92 Å². The molecule has 1 aliphatic rings.